The Hall–Kier alpha value is -0.0151. The molecule has 1 fully saturated rings. The molecule has 1 aliphatic rings. The molecule has 3 heteroatoms. The van der Waals surface area contributed by atoms with E-state index < -0.39 is 6.10 Å². The van der Waals surface area contributed by atoms with Crippen LogP contribution in [0.5, 0.6) is 0 Å². The lowest BCUT2D eigenvalue weighted by molar-refractivity contribution is -0.0142. The van der Waals surface area contributed by atoms with Crippen LogP contribution in [-0.4, -0.2) is 32.3 Å². The highest BCUT2D eigenvalue weighted by atomic mass is 16.5. The molecule has 0 aromatic heterocycles. The summed E-state index contributed by atoms with van der Waals surface area (Å²) in [4.78, 5) is 0. The molecular formula is C9H17BO2. The van der Waals surface area contributed by atoms with Crippen LogP contribution < -0.4 is 0 Å². The Balaban J connectivity index is 2.52. The van der Waals surface area contributed by atoms with Gasteiger partial charge in [-0.3, -0.25) is 0 Å². The van der Waals surface area contributed by atoms with Gasteiger partial charge in [0.1, 0.15) is 0 Å². The summed E-state index contributed by atoms with van der Waals surface area (Å²) in [6.45, 7) is 2.14. The van der Waals surface area contributed by atoms with Crippen LogP contribution in [0.1, 0.15) is 26.2 Å². The smallest absolute Gasteiger partial charge is 0.0853 e. The number of aliphatic hydroxyl groups excluding tert-OH is 1. The Bertz CT molecular complexity index is 140. The van der Waals surface area contributed by atoms with E-state index in [1.54, 1.807) is 7.11 Å². The largest absolute Gasteiger partial charge is 0.391 e. The van der Waals surface area contributed by atoms with Crippen LogP contribution in [-0.2, 0) is 4.74 Å². The van der Waals surface area contributed by atoms with Gasteiger partial charge >= 0.3 is 0 Å². The van der Waals surface area contributed by atoms with E-state index in [9.17, 15) is 5.11 Å². The summed E-state index contributed by atoms with van der Waals surface area (Å²) >= 11 is 0. The fraction of sp³-hybridized carbons (Fsp3) is 1.00. The molecule has 1 rings (SSSR count). The van der Waals surface area contributed by atoms with Crippen LogP contribution in [0, 0.1) is 5.92 Å². The van der Waals surface area contributed by atoms with E-state index >= 15 is 0 Å². The average Bonchev–Trinajstić information content (AvgIpc) is 2.29. The third kappa shape index (κ3) is 1.83. The first-order valence-electron chi connectivity index (χ1n) is 4.67. The van der Waals surface area contributed by atoms with Crippen molar-refractivity contribution >= 4 is 7.85 Å². The van der Waals surface area contributed by atoms with Gasteiger partial charge in [-0.1, -0.05) is 19.8 Å². The molecule has 2 nitrogen and oxygen atoms in total. The lowest BCUT2D eigenvalue weighted by Crippen LogP contribution is -2.28. The topological polar surface area (TPSA) is 29.5 Å². The van der Waals surface area contributed by atoms with Gasteiger partial charge in [-0.15, -0.1) is 0 Å². The minimum Gasteiger partial charge on any atom is -0.391 e. The highest BCUT2D eigenvalue weighted by molar-refractivity contribution is 6.12. The van der Waals surface area contributed by atoms with E-state index in [0.717, 1.165) is 19.3 Å². The van der Waals surface area contributed by atoms with Gasteiger partial charge in [0, 0.05) is 7.11 Å². The summed E-state index contributed by atoms with van der Waals surface area (Å²) in [6, 6.07) is 0. The van der Waals surface area contributed by atoms with Gasteiger partial charge in [-0.2, -0.15) is 0 Å². The van der Waals surface area contributed by atoms with Crippen molar-refractivity contribution in [1.82, 2.24) is 0 Å². The van der Waals surface area contributed by atoms with Crippen molar-refractivity contribution < 1.29 is 9.84 Å². The zero-order valence-electron chi connectivity index (χ0n) is 7.86. The molecule has 1 aliphatic carbocycles. The highest BCUT2D eigenvalue weighted by Crippen LogP contribution is 2.37. The molecule has 0 amide bonds. The molecule has 4 unspecified atom stereocenters. The molecule has 0 aromatic rings. The number of ether oxygens (including phenoxy) is 1. The Morgan fingerprint density at radius 1 is 1.58 bits per heavy atom. The van der Waals surface area contributed by atoms with Gasteiger partial charge in [-0.05, 0) is 18.2 Å². The molecule has 12 heavy (non-hydrogen) atoms. The van der Waals surface area contributed by atoms with Crippen LogP contribution in [0.4, 0.5) is 0 Å². The predicted molar refractivity (Wildman–Crippen MR) is 49.3 cm³/mol. The van der Waals surface area contributed by atoms with Gasteiger partial charge in [0.15, 0.2) is 0 Å². The molecular weight excluding hydrogens is 151 g/mol. The van der Waals surface area contributed by atoms with Crippen molar-refractivity contribution in [3.05, 3.63) is 0 Å². The molecule has 1 saturated carbocycles. The molecule has 0 aromatic carbocycles. The zero-order chi connectivity index (χ0) is 9.14. The highest BCUT2D eigenvalue weighted by Gasteiger charge is 2.38. The number of hydrogen-bond acceptors (Lipinski definition) is 2. The van der Waals surface area contributed by atoms with E-state index in [2.05, 4.69) is 6.92 Å². The predicted octanol–water partition coefficient (Wildman–Crippen LogP) is 1.14. The minimum absolute atomic E-state index is 0.0417. The van der Waals surface area contributed by atoms with Crippen molar-refractivity contribution in [3.63, 3.8) is 0 Å². The van der Waals surface area contributed by atoms with E-state index in [0.29, 0.717) is 5.92 Å². The number of rotatable bonds is 3. The van der Waals surface area contributed by atoms with Crippen molar-refractivity contribution in [3.8, 4) is 0 Å². The maximum absolute atomic E-state index is 9.60. The molecule has 4 atom stereocenters. The van der Waals surface area contributed by atoms with Crippen molar-refractivity contribution in [2.75, 3.05) is 7.11 Å². The SMILES string of the molecule is [B]C1CC(CCC)C(OC)C1O. The maximum Gasteiger partial charge on any atom is 0.0853 e. The van der Waals surface area contributed by atoms with Gasteiger partial charge in [0.25, 0.3) is 0 Å². The lowest BCUT2D eigenvalue weighted by Gasteiger charge is -2.20. The van der Waals surface area contributed by atoms with Crippen LogP contribution in [0.3, 0.4) is 0 Å². The van der Waals surface area contributed by atoms with Gasteiger partial charge < -0.3 is 9.84 Å². The number of aliphatic hydroxyl groups is 1. The minimum atomic E-state index is -0.466. The maximum atomic E-state index is 9.60. The van der Waals surface area contributed by atoms with Gasteiger partial charge in [-0.25, -0.2) is 0 Å². The van der Waals surface area contributed by atoms with Crippen LogP contribution >= 0.6 is 0 Å². The Labute approximate surface area is 75.7 Å². The number of methoxy groups -OCH3 is 1. The summed E-state index contributed by atoms with van der Waals surface area (Å²) in [6.07, 6.45) is 2.62. The van der Waals surface area contributed by atoms with Gasteiger partial charge in [0.05, 0.1) is 20.1 Å². The zero-order valence-corrected chi connectivity index (χ0v) is 7.86. The molecule has 68 valence electrons. The Morgan fingerprint density at radius 2 is 2.25 bits per heavy atom. The normalized spacial score (nSPS) is 41.9. The quantitative estimate of drug-likeness (QED) is 0.640. The van der Waals surface area contributed by atoms with Crippen molar-refractivity contribution in [1.29, 1.82) is 0 Å². The first-order valence-corrected chi connectivity index (χ1v) is 4.67. The summed E-state index contributed by atoms with van der Waals surface area (Å²) in [5, 5.41) is 9.60. The van der Waals surface area contributed by atoms with E-state index in [1.807, 2.05) is 0 Å². The molecule has 1 N–H and O–H groups in total. The van der Waals surface area contributed by atoms with E-state index in [-0.39, 0.29) is 11.9 Å². The van der Waals surface area contributed by atoms with Crippen molar-refractivity contribution in [2.45, 2.75) is 44.2 Å². The summed E-state index contributed by atoms with van der Waals surface area (Å²) < 4.78 is 5.23. The van der Waals surface area contributed by atoms with Crippen LogP contribution in [0.25, 0.3) is 0 Å². The molecule has 0 heterocycles. The van der Waals surface area contributed by atoms with E-state index in [1.165, 1.54) is 0 Å². The Kier molecular flexibility index (Phi) is 3.60. The third-order valence-corrected chi connectivity index (χ3v) is 2.75. The van der Waals surface area contributed by atoms with Crippen LogP contribution in [0.15, 0.2) is 0 Å². The first-order chi connectivity index (χ1) is 5.70. The second-order valence-electron chi connectivity index (χ2n) is 3.64. The third-order valence-electron chi connectivity index (χ3n) is 2.75. The molecule has 0 bridgehead atoms. The summed E-state index contributed by atoms with van der Waals surface area (Å²) in [7, 11) is 7.38. The second kappa shape index (κ2) is 4.29. The first kappa shape index (κ1) is 10.1. The second-order valence-corrected chi connectivity index (χ2v) is 3.64. The molecule has 0 saturated heterocycles. The number of hydrogen-bond donors (Lipinski definition) is 1. The van der Waals surface area contributed by atoms with Crippen molar-refractivity contribution in [2.24, 2.45) is 5.92 Å². The van der Waals surface area contributed by atoms with E-state index in [4.69, 9.17) is 12.6 Å². The molecule has 2 radical (unpaired) electrons. The Morgan fingerprint density at radius 3 is 2.75 bits per heavy atom. The summed E-state index contributed by atoms with van der Waals surface area (Å²) in [5.74, 6) is 0.358. The average molecular weight is 168 g/mol. The fourth-order valence-electron chi connectivity index (χ4n) is 2.13. The lowest BCUT2D eigenvalue weighted by atomic mass is 9.83. The molecule has 0 aliphatic heterocycles. The molecule has 0 spiro atoms. The standard InChI is InChI=1S/C9H17BO2/c1-3-4-6-5-7(10)8(11)9(6)12-2/h6-9,11H,3-5H2,1-2H3. The summed E-state index contributed by atoms with van der Waals surface area (Å²) in [5.41, 5.74) is 0. The van der Waals surface area contributed by atoms with Crippen LogP contribution in [0.2, 0.25) is 5.82 Å². The monoisotopic (exact) mass is 168 g/mol. The fourth-order valence-corrected chi connectivity index (χ4v) is 2.13. The van der Waals surface area contributed by atoms with Gasteiger partial charge in [0.2, 0.25) is 0 Å².